The molecule has 0 radical (unpaired) electrons. The Balaban J connectivity index is 1.82. The normalized spacial score (nSPS) is 12.1. The minimum atomic E-state index is 0.0986. The number of ether oxygens (including phenoxy) is 2. The van der Waals surface area contributed by atoms with E-state index in [9.17, 15) is 0 Å². The maximum absolute atomic E-state index is 5.83. The van der Waals surface area contributed by atoms with Crippen LogP contribution in [-0.4, -0.2) is 25.1 Å². The average Bonchev–Trinajstić information content (AvgIpc) is 2.52. The first-order valence-corrected chi connectivity index (χ1v) is 8.25. The quantitative estimate of drug-likeness (QED) is 0.665. The number of hydrogen-bond acceptors (Lipinski definition) is 3. The van der Waals surface area contributed by atoms with Gasteiger partial charge in [0.1, 0.15) is 18.5 Å². The van der Waals surface area contributed by atoms with Crippen LogP contribution in [0.25, 0.3) is 0 Å². The van der Waals surface area contributed by atoms with Crippen LogP contribution in [0.3, 0.4) is 0 Å². The first-order chi connectivity index (χ1) is 10.3. The van der Waals surface area contributed by atoms with Gasteiger partial charge in [0.05, 0.1) is 0 Å². The van der Waals surface area contributed by atoms with E-state index >= 15 is 0 Å². The minimum Gasteiger partial charge on any atom is -0.491 e. The summed E-state index contributed by atoms with van der Waals surface area (Å²) >= 11 is 1.80. The Kier molecular flexibility index (Phi) is 6.64. The van der Waals surface area contributed by atoms with Crippen molar-refractivity contribution in [2.24, 2.45) is 0 Å². The van der Waals surface area contributed by atoms with Crippen molar-refractivity contribution >= 4 is 11.8 Å². The van der Waals surface area contributed by atoms with Gasteiger partial charge in [0.2, 0.25) is 0 Å². The third-order valence-electron chi connectivity index (χ3n) is 3.04. The zero-order valence-corrected chi connectivity index (χ0v) is 13.4. The minimum absolute atomic E-state index is 0.0986. The van der Waals surface area contributed by atoms with Gasteiger partial charge in [-0.2, -0.15) is 0 Å². The smallest absolute Gasteiger partial charge is 0.119 e. The van der Waals surface area contributed by atoms with E-state index in [1.54, 1.807) is 11.8 Å². The Morgan fingerprint density at radius 2 is 1.71 bits per heavy atom. The highest BCUT2D eigenvalue weighted by atomic mass is 32.2. The molecule has 2 aromatic carbocycles. The van der Waals surface area contributed by atoms with Crippen molar-refractivity contribution in [2.45, 2.75) is 24.8 Å². The highest BCUT2D eigenvalue weighted by Crippen LogP contribution is 2.20. The van der Waals surface area contributed by atoms with Crippen molar-refractivity contribution in [3.8, 4) is 5.75 Å². The van der Waals surface area contributed by atoms with Crippen LogP contribution in [0.4, 0.5) is 0 Å². The van der Waals surface area contributed by atoms with E-state index in [0.717, 1.165) is 11.5 Å². The number of aryl methyl sites for hydroxylation is 1. The Morgan fingerprint density at radius 3 is 2.38 bits per heavy atom. The number of rotatable bonds is 8. The first-order valence-electron chi connectivity index (χ1n) is 7.27. The van der Waals surface area contributed by atoms with Crippen molar-refractivity contribution < 1.29 is 9.47 Å². The van der Waals surface area contributed by atoms with Crippen LogP contribution in [0.5, 0.6) is 5.75 Å². The monoisotopic (exact) mass is 302 g/mol. The Morgan fingerprint density at radius 1 is 1.00 bits per heavy atom. The summed E-state index contributed by atoms with van der Waals surface area (Å²) < 4.78 is 11.6. The number of thioether (sulfide) groups is 1. The van der Waals surface area contributed by atoms with Crippen LogP contribution in [0.2, 0.25) is 0 Å². The molecule has 0 aliphatic rings. The molecule has 2 aromatic rings. The summed E-state index contributed by atoms with van der Waals surface area (Å²) in [5.41, 5.74) is 1.24. The zero-order chi connectivity index (χ0) is 14.9. The topological polar surface area (TPSA) is 18.5 Å². The standard InChI is InChI=1S/C18H22O2S/c1-3-19-17(14-21-18-7-5-4-6-8-18)13-20-16-11-9-15(2)10-12-16/h4-12,17H,3,13-14H2,1-2H3. The first kappa shape index (κ1) is 15.9. The van der Waals surface area contributed by atoms with Crippen molar-refractivity contribution in [1.82, 2.24) is 0 Å². The van der Waals surface area contributed by atoms with E-state index < -0.39 is 0 Å². The van der Waals surface area contributed by atoms with E-state index in [1.165, 1.54) is 10.5 Å². The van der Waals surface area contributed by atoms with Crippen LogP contribution in [0, 0.1) is 6.92 Å². The summed E-state index contributed by atoms with van der Waals surface area (Å²) in [7, 11) is 0. The predicted molar refractivity (Wildman–Crippen MR) is 89.3 cm³/mol. The second-order valence-electron chi connectivity index (χ2n) is 4.83. The molecule has 0 fully saturated rings. The molecule has 0 saturated carbocycles. The van der Waals surface area contributed by atoms with Crippen molar-refractivity contribution in [3.63, 3.8) is 0 Å². The summed E-state index contributed by atoms with van der Waals surface area (Å²) in [6.07, 6.45) is 0.0986. The Bertz CT molecular complexity index is 511. The second kappa shape index (κ2) is 8.75. The van der Waals surface area contributed by atoms with Gasteiger partial charge in [0.25, 0.3) is 0 Å². The van der Waals surface area contributed by atoms with Crippen LogP contribution >= 0.6 is 11.8 Å². The lowest BCUT2D eigenvalue weighted by Gasteiger charge is -2.17. The van der Waals surface area contributed by atoms with E-state index in [2.05, 4.69) is 43.3 Å². The highest BCUT2D eigenvalue weighted by molar-refractivity contribution is 7.99. The van der Waals surface area contributed by atoms with Gasteiger partial charge in [-0.15, -0.1) is 11.8 Å². The van der Waals surface area contributed by atoms with Crippen LogP contribution in [-0.2, 0) is 4.74 Å². The zero-order valence-electron chi connectivity index (χ0n) is 12.6. The summed E-state index contributed by atoms with van der Waals surface area (Å²) in [6, 6.07) is 18.5. The van der Waals surface area contributed by atoms with Gasteiger partial charge in [0, 0.05) is 17.3 Å². The van der Waals surface area contributed by atoms with E-state index in [-0.39, 0.29) is 6.10 Å². The van der Waals surface area contributed by atoms with Crippen molar-refractivity contribution in [1.29, 1.82) is 0 Å². The third kappa shape index (κ3) is 5.82. The molecule has 0 bridgehead atoms. The second-order valence-corrected chi connectivity index (χ2v) is 5.92. The Labute approximate surface area is 131 Å². The molecule has 0 spiro atoms. The lowest BCUT2D eigenvalue weighted by molar-refractivity contribution is 0.0433. The van der Waals surface area contributed by atoms with Gasteiger partial charge in [-0.3, -0.25) is 0 Å². The van der Waals surface area contributed by atoms with Crippen molar-refractivity contribution in [3.05, 3.63) is 60.2 Å². The van der Waals surface area contributed by atoms with Gasteiger partial charge in [0.15, 0.2) is 0 Å². The molecular weight excluding hydrogens is 280 g/mol. The van der Waals surface area contributed by atoms with Gasteiger partial charge >= 0.3 is 0 Å². The Hall–Kier alpha value is -1.45. The number of benzene rings is 2. The molecule has 0 N–H and O–H groups in total. The molecule has 0 heterocycles. The molecule has 0 saturated heterocycles. The molecule has 0 aromatic heterocycles. The lowest BCUT2D eigenvalue weighted by Crippen LogP contribution is -2.24. The van der Waals surface area contributed by atoms with E-state index in [0.29, 0.717) is 13.2 Å². The molecule has 2 nitrogen and oxygen atoms in total. The third-order valence-corrected chi connectivity index (χ3v) is 4.18. The summed E-state index contributed by atoms with van der Waals surface area (Å²) in [4.78, 5) is 1.26. The molecule has 3 heteroatoms. The van der Waals surface area contributed by atoms with Gasteiger partial charge < -0.3 is 9.47 Å². The predicted octanol–water partition coefficient (Wildman–Crippen LogP) is 4.57. The lowest BCUT2D eigenvalue weighted by atomic mass is 10.2. The molecule has 2 rings (SSSR count). The van der Waals surface area contributed by atoms with Crippen LogP contribution in [0.1, 0.15) is 12.5 Å². The van der Waals surface area contributed by atoms with E-state index in [1.807, 2.05) is 25.1 Å². The van der Waals surface area contributed by atoms with Crippen molar-refractivity contribution in [2.75, 3.05) is 19.0 Å². The fourth-order valence-electron chi connectivity index (χ4n) is 1.91. The molecular formula is C18H22O2S. The van der Waals surface area contributed by atoms with Gasteiger partial charge in [-0.1, -0.05) is 35.9 Å². The van der Waals surface area contributed by atoms with E-state index in [4.69, 9.17) is 9.47 Å². The largest absolute Gasteiger partial charge is 0.491 e. The molecule has 1 atom stereocenters. The molecule has 112 valence electrons. The summed E-state index contributed by atoms with van der Waals surface area (Å²) in [5.74, 6) is 1.79. The highest BCUT2D eigenvalue weighted by Gasteiger charge is 2.10. The molecule has 0 amide bonds. The molecule has 0 aliphatic carbocycles. The maximum atomic E-state index is 5.83. The summed E-state index contributed by atoms with van der Waals surface area (Å²) in [5, 5.41) is 0. The fraction of sp³-hybridized carbons (Fsp3) is 0.333. The SMILES string of the molecule is CCOC(COc1ccc(C)cc1)CSc1ccccc1. The number of hydrogen-bond donors (Lipinski definition) is 0. The fourth-order valence-corrected chi connectivity index (χ4v) is 2.83. The molecule has 1 unspecified atom stereocenters. The average molecular weight is 302 g/mol. The molecule has 0 aliphatic heterocycles. The van der Waals surface area contributed by atoms with Gasteiger partial charge in [-0.05, 0) is 38.1 Å². The van der Waals surface area contributed by atoms with Crippen LogP contribution in [0.15, 0.2) is 59.5 Å². The van der Waals surface area contributed by atoms with Gasteiger partial charge in [-0.25, -0.2) is 0 Å². The maximum Gasteiger partial charge on any atom is 0.119 e. The molecule has 21 heavy (non-hydrogen) atoms. The van der Waals surface area contributed by atoms with Crippen LogP contribution < -0.4 is 4.74 Å². The summed E-state index contributed by atoms with van der Waals surface area (Å²) in [6.45, 7) is 5.38.